The van der Waals surface area contributed by atoms with E-state index in [0.29, 0.717) is 62.7 Å². The molecule has 2 amide bonds. The second-order valence-electron chi connectivity index (χ2n) is 12.2. The summed E-state index contributed by atoms with van der Waals surface area (Å²) in [6.07, 6.45) is 2.25. The Kier molecular flexibility index (Phi) is 8.06. The Morgan fingerprint density at radius 3 is 1.90 bits per heavy atom. The van der Waals surface area contributed by atoms with Crippen LogP contribution in [0.15, 0.2) is 39.5 Å². The number of carbonyl (C=O) groups excluding carboxylic acids is 2. The van der Waals surface area contributed by atoms with Crippen molar-refractivity contribution in [2.75, 3.05) is 39.4 Å². The van der Waals surface area contributed by atoms with Gasteiger partial charge in [-0.05, 0) is 67.7 Å². The maximum Gasteiger partial charge on any atom is 0.260 e. The molecule has 3 aromatic rings. The zero-order valence-corrected chi connectivity index (χ0v) is 24.2. The number of carbonyl (C=O) groups is 2. The van der Waals surface area contributed by atoms with Crippen LogP contribution < -0.4 is 14.9 Å². The first-order valence-corrected chi connectivity index (χ1v) is 14.4. The minimum absolute atomic E-state index is 0.0392. The highest BCUT2D eigenvalue weighted by molar-refractivity contribution is 5.92. The third kappa shape index (κ3) is 5.96. The minimum atomic E-state index is -0.155. The fourth-order valence-corrected chi connectivity index (χ4v) is 6.46. The van der Waals surface area contributed by atoms with Gasteiger partial charge in [-0.15, -0.1) is 0 Å². The van der Waals surface area contributed by atoms with Gasteiger partial charge in [0.25, 0.3) is 11.8 Å². The van der Waals surface area contributed by atoms with Gasteiger partial charge in [0, 0.05) is 37.8 Å². The molecule has 3 heterocycles. The Bertz CT molecular complexity index is 1460. The van der Waals surface area contributed by atoms with Crippen LogP contribution in [0.2, 0.25) is 0 Å². The van der Waals surface area contributed by atoms with E-state index in [2.05, 4.69) is 27.7 Å². The molecular formula is C32H40N2O6. The highest BCUT2D eigenvalue weighted by Gasteiger charge is 2.27. The molecule has 8 heteroatoms. The number of likely N-dealkylation sites (tertiary alicyclic amines) is 2. The van der Waals surface area contributed by atoms with E-state index in [9.17, 15) is 14.4 Å². The van der Waals surface area contributed by atoms with Crippen LogP contribution in [-0.2, 0) is 9.59 Å². The molecule has 0 radical (unpaired) electrons. The summed E-state index contributed by atoms with van der Waals surface area (Å²) < 4.78 is 17.9. The average molecular weight is 549 g/mol. The van der Waals surface area contributed by atoms with E-state index in [4.69, 9.17) is 13.9 Å². The molecule has 1 aromatic heterocycles. The third-order valence-electron chi connectivity index (χ3n) is 8.17. The summed E-state index contributed by atoms with van der Waals surface area (Å²) in [7, 11) is 0. The quantitative estimate of drug-likeness (QED) is 0.402. The number of piperidine rings is 2. The fraction of sp³-hybridized carbons (Fsp3) is 0.531. The smallest absolute Gasteiger partial charge is 0.260 e. The number of benzene rings is 2. The maximum absolute atomic E-state index is 13.3. The maximum atomic E-state index is 13.3. The SMILES string of the molecule is Cc1c(OCC(=O)N2CC(C)CC(C)C2)ccc2c(=O)c3ccc(OCC(=O)N4CC(C)CC(C)C4)cc3oc12. The monoisotopic (exact) mass is 548 g/mol. The second-order valence-corrected chi connectivity index (χ2v) is 12.2. The van der Waals surface area contributed by atoms with Gasteiger partial charge in [0.1, 0.15) is 22.7 Å². The van der Waals surface area contributed by atoms with Gasteiger partial charge in [-0.1, -0.05) is 27.7 Å². The van der Waals surface area contributed by atoms with Crippen LogP contribution in [0.1, 0.15) is 46.1 Å². The van der Waals surface area contributed by atoms with Crippen LogP contribution in [0.3, 0.4) is 0 Å². The number of rotatable bonds is 6. The number of nitrogens with zero attached hydrogens (tertiary/aromatic N) is 2. The molecule has 2 aliphatic rings. The topological polar surface area (TPSA) is 89.3 Å². The Balaban J connectivity index is 1.32. The number of ether oxygens (including phenoxy) is 2. The Labute approximate surface area is 235 Å². The van der Waals surface area contributed by atoms with E-state index in [0.717, 1.165) is 39.0 Å². The molecule has 0 spiro atoms. The molecule has 2 saturated heterocycles. The lowest BCUT2D eigenvalue weighted by Crippen LogP contribution is -2.44. The summed E-state index contributed by atoms with van der Waals surface area (Å²) in [6, 6.07) is 8.42. The van der Waals surface area contributed by atoms with Crippen molar-refractivity contribution in [3.05, 3.63) is 46.1 Å². The summed E-state index contributed by atoms with van der Waals surface area (Å²) >= 11 is 0. The standard InChI is InChI=1S/C32H40N2O6/c1-19-10-20(2)14-33(13-19)29(35)17-38-24-6-7-25-28(12-24)40-32-23(5)27(9-8-26(32)31(25)37)39-18-30(36)34-15-21(3)11-22(4)16-34/h6-9,12,19-22H,10-11,13-18H2,1-5H3. The molecule has 4 unspecified atom stereocenters. The summed E-state index contributed by atoms with van der Waals surface area (Å²) in [5.41, 5.74) is 1.28. The van der Waals surface area contributed by atoms with Gasteiger partial charge < -0.3 is 23.7 Å². The van der Waals surface area contributed by atoms with Gasteiger partial charge >= 0.3 is 0 Å². The van der Waals surface area contributed by atoms with Crippen molar-refractivity contribution in [3.8, 4) is 11.5 Å². The van der Waals surface area contributed by atoms with Crippen LogP contribution in [0.25, 0.3) is 21.9 Å². The van der Waals surface area contributed by atoms with Crippen LogP contribution >= 0.6 is 0 Å². The highest BCUT2D eigenvalue weighted by Crippen LogP contribution is 2.30. The largest absolute Gasteiger partial charge is 0.484 e. The molecule has 0 aliphatic carbocycles. The van der Waals surface area contributed by atoms with Gasteiger partial charge in [0.2, 0.25) is 5.43 Å². The summed E-state index contributed by atoms with van der Waals surface area (Å²) in [5, 5.41) is 0.876. The molecule has 2 aromatic carbocycles. The number of aryl methyl sites for hydroxylation is 1. The van der Waals surface area contributed by atoms with Crippen LogP contribution in [0.5, 0.6) is 11.5 Å². The highest BCUT2D eigenvalue weighted by atomic mass is 16.5. The van der Waals surface area contributed by atoms with Crippen LogP contribution in [0.4, 0.5) is 0 Å². The molecule has 0 bridgehead atoms. The molecule has 8 nitrogen and oxygen atoms in total. The van der Waals surface area contributed by atoms with Gasteiger partial charge in [-0.25, -0.2) is 0 Å². The van der Waals surface area contributed by atoms with Crippen LogP contribution in [0, 0.1) is 30.6 Å². The van der Waals surface area contributed by atoms with Gasteiger partial charge in [0.15, 0.2) is 13.2 Å². The predicted molar refractivity (Wildman–Crippen MR) is 155 cm³/mol. The van der Waals surface area contributed by atoms with E-state index in [1.165, 1.54) is 0 Å². The zero-order valence-electron chi connectivity index (χ0n) is 24.2. The fourth-order valence-electron chi connectivity index (χ4n) is 6.46. The number of hydrogen-bond donors (Lipinski definition) is 0. The Morgan fingerprint density at radius 1 is 0.800 bits per heavy atom. The van der Waals surface area contributed by atoms with E-state index in [1.807, 2.05) is 16.7 Å². The molecule has 0 N–H and O–H groups in total. The van der Waals surface area contributed by atoms with Gasteiger partial charge in [-0.3, -0.25) is 14.4 Å². The van der Waals surface area contributed by atoms with Crippen molar-refractivity contribution in [1.82, 2.24) is 9.80 Å². The van der Waals surface area contributed by atoms with E-state index in [1.54, 1.807) is 30.3 Å². The number of hydrogen-bond acceptors (Lipinski definition) is 6. The van der Waals surface area contributed by atoms with Crippen LogP contribution in [-0.4, -0.2) is 61.0 Å². The molecule has 2 aliphatic heterocycles. The molecular weight excluding hydrogens is 508 g/mol. The van der Waals surface area contributed by atoms with E-state index >= 15 is 0 Å². The van der Waals surface area contributed by atoms with Gasteiger partial charge in [0.05, 0.1) is 10.8 Å². The first-order chi connectivity index (χ1) is 19.1. The first kappa shape index (κ1) is 28.0. The Hall–Kier alpha value is -3.55. The molecule has 214 valence electrons. The molecule has 4 atom stereocenters. The zero-order chi connectivity index (χ0) is 28.6. The molecule has 5 rings (SSSR count). The lowest BCUT2D eigenvalue weighted by Gasteiger charge is -2.34. The average Bonchev–Trinajstić information content (AvgIpc) is 2.90. The van der Waals surface area contributed by atoms with Gasteiger partial charge in [-0.2, -0.15) is 0 Å². The van der Waals surface area contributed by atoms with Crippen molar-refractivity contribution in [3.63, 3.8) is 0 Å². The second kappa shape index (κ2) is 11.5. The van der Waals surface area contributed by atoms with Crippen molar-refractivity contribution >= 4 is 33.8 Å². The molecule has 2 fully saturated rings. The van der Waals surface area contributed by atoms with Crippen molar-refractivity contribution in [1.29, 1.82) is 0 Å². The minimum Gasteiger partial charge on any atom is -0.484 e. The summed E-state index contributed by atoms with van der Waals surface area (Å²) in [6.45, 7) is 13.3. The van der Waals surface area contributed by atoms with Crippen molar-refractivity contribution in [2.45, 2.75) is 47.5 Å². The lowest BCUT2D eigenvalue weighted by molar-refractivity contribution is -0.136. The summed E-state index contributed by atoms with van der Waals surface area (Å²) in [4.78, 5) is 42.6. The van der Waals surface area contributed by atoms with Crippen molar-refractivity contribution < 1.29 is 23.5 Å². The third-order valence-corrected chi connectivity index (χ3v) is 8.17. The molecule has 40 heavy (non-hydrogen) atoms. The predicted octanol–water partition coefficient (Wildman–Crippen LogP) is 5.02. The van der Waals surface area contributed by atoms with Crippen molar-refractivity contribution in [2.24, 2.45) is 23.7 Å². The number of amides is 2. The summed E-state index contributed by atoms with van der Waals surface area (Å²) in [5.74, 6) is 2.78. The lowest BCUT2D eigenvalue weighted by atomic mass is 9.92. The van der Waals surface area contributed by atoms with E-state index < -0.39 is 0 Å². The Morgan fingerprint density at radius 2 is 1.32 bits per heavy atom. The number of fused-ring (bicyclic) bond motifs is 2. The normalized spacial score (nSPS) is 23.4. The molecule has 0 saturated carbocycles. The van der Waals surface area contributed by atoms with E-state index in [-0.39, 0.29) is 30.5 Å². The first-order valence-electron chi connectivity index (χ1n) is 14.4.